The van der Waals surface area contributed by atoms with Crippen LogP contribution in [-0.4, -0.2) is 43.0 Å². The van der Waals surface area contributed by atoms with E-state index in [-0.39, 0.29) is 24.7 Å². The summed E-state index contributed by atoms with van der Waals surface area (Å²) in [6.45, 7) is 4.35. The zero-order chi connectivity index (χ0) is 14.4. The van der Waals surface area contributed by atoms with Gasteiger partial charge < -0.3 is 15.0 Å². The first-order chi connectivity index (χ1) is 9.66. The molecule has 1 aromatic rings. The van der Waals surface area contributed by atoms with Crippen LogP contribution >= 0.6 is 0 Å². The maximum absolute atomic E-state index is 11.9. The molecule has 0 atom stereocenters. The van der Waals surface area contributed by atoms with Gasteiger partial charge in [-0.25, -0.2) is 0 Å². The topological polar surface area (TPSA) is 58.6 Å². The van der Waals surface area contributed by atoms with Gasteiger partial charge in [0.05, 0.1) is 13.2 Å². The number of ether oxygens (including phenoxy) is 1. The zero-order valence-corrected chi connectivity index (χ0v) is 11.7. The zero-order valence-electron chi connectivity index (χ0n) is 11.7. The second-order valence-electron chi connectivity index (χ2n) is 4.86. The quantitative estimate of drug-likeness (QED) is 0.908. The monoisotopic (exact) mass is 276 g/mol. The van der Waals surface area contributed by atoms with E-state index in [9.17, 15) is 9.59 Å². The summed E-state index contributed by atoms with van der Waals surface area (Å²) in [5.74, 6) is -0.103. The van der Waals surface area contributed by atoms with Crippen LogP contribution in [0.5, 0.6) is 0 Å². The smallest absolute Gasteiger partial charge is 0.224 e. The summed E-state index contributed by atoms with van der Waals surface area (Å²) in [5.41, 5.74) is 1.82. The molecule has 1 N–H and O–H groups in total. The predicted octanol–water partition coefficient (Wildman–Crippen LogP) is 1.57. The molecule has 2 rings (SSSR count). The number of nitrogens with one attached hydrogen (secondary N) is 1. The summed E-state index contributed by atoms with van der Waals surface area (Å²) in [7, 11) is 0. The van der Waals surface area contributed by atoms with E-state index in [4.69, 9.17) is 4.74 Å². The van der Waals surface area contributed by atoms with Crippen molar-refractivity contribution in [3.05, 3.63) is 29.8 Å². The van der Waals surface area contributed by atoms with Crippen LogP contribution in [-0.2, 0) is 14.3 Å². The number of hydrogen-bond acceptors (Lipinski definition) is 3. The highest BCUT2D eigenvalue weighted by atomic mass is 16.5. The van der Waals surface area contributed by atoms with Crippen LogP contribution in [0.25, 0.3) is 0 Å². The Morgan fingerprint density at radius 3 is 2.60 bits per heavy atom. The number of morpholine rings is 1. The molecular formula is C15H20N2O3. The van der Waals surface area contributed by atoms with Gasteiger partial charge in [-0.15, -0.1) is 0 Å². The maximum atomic E-state index is 11.9. The molecule has 1 aromatic carbocycles. The van der Waals surface area contributed by atoms with Gasteiger partial charge in [-0.05, 0) is 18.6 Å². The van der Waals surface area contributed by atoms with E-state index in [0.717, 1.165) is 11.3 Å². The fourth-order valence-electron chi connectivity index (χ4n) is 2.12. The molecule has 0 aliphatic carbocycles. The summed E-state index contributed by atoms with van der Waals surface area (Å²) in [4.78, 5) is 25.5. The number of aryl methyl sites for hydroxylation is 1. The highest BCUT2D eigenvalue weighted by Crippen LogP contribution is 2.13. The minimum absolute atomic E-state index is 0.0215. The fraction of sp³-hybridized carbons (Fsp3) is 0.467. The van der Waals surface area contributed by atoms with Crippen molar-refractivity contribution in [1.82, 2.24) is 4.90 Å². The first kappa shape index (κ1) is 14.5. The molecule has 1 fully saturated rings. The van der Waals surface area contributed by atoms with Gasteiger partial charge in [0.1, 0.15) is 0 Å². The Hall–Kier alpha value is -1.88. The SMILES string of the molecule is Cc1ccccc1NC(=O)CCC(=O)N1CCOCC1. The number of anilines is 1. The van der Waals surface area contributed by atoms with Crippen LogP contribution in [0.4, 0.5) is 5.69 Å². The molecule has 0 unspecified atom stereocenters. The third-order valence-electron chi connectivity index (χ3n) is 3.35. The van der Waals surface area contributed by atoms with Crippen molar-refractivity contribution in [2.24, 2.45) is 0 Å². The van der Waals surface area contributed by atoms with Crippen LogP contribution in [0.3, 0.4) is 0 Å². The fourth-order valence-corrected chi connectivity index (χ4v) is 2.12. The van der Waals surface area contributed by atoms with E-state index >= 15 is 0 Å². The Kier molecular flexibility index (Phi) is 5.12. The number of rotatable bonds is 4. The number of amides is 2. The van der Waals surface area contributed by atoms with Crippen LogP contribution in [0.15, 0.2) is 24.3 Å². The highest BCUT2D eigenvalue weighted by Gasteiger charge is 2.17. The van der Waals surface area contributed by atoms with Crippen LogP contribution in [0.1, 0.15) is 18.4 Å². The average molecular weight is 276 g/mol. The molecule has 0 aromatic heterocycles. The second kappa shape index (κ2) is 7.05. The van der Waals surface area contributed by atoms with Gasteiger partial charge in [-0.2, -0.15) is 0 Å². The van der Waals surface area contributed by atoms with Crippen molar-refractivity contribution in [1.29, 1.82) is 0 Å². The summed E-state index contributed by atoms with van der Waals surface area (Å²) < 4.78 is 5.19. The number of hydrogen-bond donors (Lipinski definition) is 1. The molecule has 1 heterocycles. The molecule has 1 aliphatic rings. The molecule has 0 saturated carbocycles. The van der Waals surface area contributed by atoms with Crippen molar-refractivity contribution >= 4 is 17.5 Å². The standard InChI is InChI=1S/C15H20N2O3/c1-12-4-2-3-5-13(12)16-14(18)6-7-15(19)17-8-10-20-11-9-17/h2-5H,6-11H2,1H3,(H,16,18). The van der Waals surface area contributed by atoms with Gasteiger partial charge >= 0.3 is 0 Å². The van der Waals surface area contributed by atoms with Gasteiger partial charge in [0.2, 0.25) is 11.8 Å². The van der Waals surface area contributed by atoms with Crippen molar-refractivity contribution in [2.75, 3.05) is 31.6 Å². The van der Waals surface area contributed by atoms with Gasteiger partial charge in [-0.1, -0.05) is 18.2 Å². The van der Waals surface area contributed by atoms with Crippen molar-refractivity contribution < 1.29 is 14.3 Å². The van der Waals surface area contributed by atoms with Crippen molar-refractivity contribution in [3.8, 4) is 0 Å². The highest BCUT2D eigenvalue weighted by molar-refractivity contribution is 5.93. The number of nitrogens with zero attached hydrogens (tertiary/aromatic N) is 1. The van der Waals surface area contributed by atoms with E-state index < -0.39 is 0 Å². The molecule has 0 radical (unpaired) electrons. The molecule has 0 bridgehead atoms. The van der Waals surface area contributed by atoms with E-state index in [0.29, 0.717) is 26.3 Å². The average Bonchev–Trinajstić information content (AvgIpc) is 2.48. The summed E-state index contributed by atoms with van der Waals surface area (Å²) in [5, 5.41) is 2.83. The van der Waals surface area contributed by atoms with Crippen LogP contribution in [0, 0.1) is 6.92 Å². The van der Waals surface area contributed by atoms with Gasteiger partial charge in [0, 0.05) is 31.6 Å². The van der Waals surface area contributed by atoms with Crippen LogP contribution < -0.4 is 5.32 Å². The Bertz CT molecular complexity index is 482. The van der Waals surface area contributed by atoms with E-state index in [1.54, 1.807) is 4.90 Å². The minimum Gasteiger partial charge on any atom is -0.378 e. The lowest BCUT2D eigenvalue weighted by Crippen LogP contribution is -2.40. The van der Waals surface area contributed by atoms with Gasteiger partial charge in [0.15, 0.2) is 0 Å². The van der Waals surface area contributed by atoms with Crippen molar-refractivity contribution in [3.63, 3.8) is 0 Å². The molecule has 108 valence electrons. The lowest BCUT2D eigenvalue weighted by Gasteiger charge is -2.26. The Labute approximate surface area is 118 Å². The largest absolute Gasteiger partial charge is 0.378 e. The molecule has 2 amide bonds. The summed E-state index contributed by atoms with van der Waals surface area (Å²) >= 11 is 0. The Morgan fingerprint density at radius 1 is 1.20 bits per heavy atom. The molecule has 1 aliphatic heterocycles. The predicted molar refractivity (Wildman–Crippen MR) is 76.4 cm³/mol. The molecule has 5 nitrogen and oxygen atoms in total. The third kappa shape index (κ3) is 4.06. The number of para-hydroxylation sites is 1. The second-order valence-corrected chi connectivity index (χ2v) is 4.86. The molecular weight excluding hydrogens is 256 g/mol. The first-order valence-corrected chi connectivity index (χ1v) is 6.88. The van der Waals surface area contributed by atoms with E-state index in [2.05, 4.69) is 5.32 Å². The summed E-state index contributed by atoms with van der Waals surface area (Å²) in [6, 6.07) is 7.60. The minimum atomic E-state index is -0.124. The summed E-state index contributed by atoms with van der Waals surface area (Å²) in [6.07, 6.45) is 0.461. The van der Waals surface area contributed by atoms with E-state index in [1.165, 1.54) is 0 Å². The molecule has 1 saturated heterocycles. The van der Waals surface area contributed by atoms with Gasteiger partial charge in [-0.3, -0.25) is 9.59 Å². The Morgan fingerprint density at radius 2 is 1.90 bits per heavy atom. The maximum Gasteiger partial charge on any atom is 0.224 e. The lowest BCUT2D eigenvalue weighted by molar-refractivity contribution is -0.136. The third-order valence-corrected chi connectivity index (χ3v) is 3.35. The molecule has 20 heavy (non-hydrogen) atoms. The lowest BCUT2D eigenvalue weighted by atomic mass is 10.2. The van der Waals surface area contributed by atoms with Crippen molar-refractivity contribution in [2.45, 2.75) is 19.8 Å². The number of carbonyl (C=O) groups excluding carboxylic acids is 2. The first-order valence-electron chi connectivity index (χ1n) is 6.88. The molecule has 5 heteroatoms. The Balaban J connectivity index is 1.77. The van der Waals surface area contributed by atoms with Gasteiger partial charge in [0.25, 0.3) is 0 Å². The molecule has 0 spiro atoms. The van der Waals surface area contributed by atoms with Crippen LogP contribution in [0.2, 0.25) is 0 Å². The number of benzene rings is 1. The number of carbonyl (C=O) groups is 2. The normalized spacial score (nSPS) is 14.9. The van der Waals surface area contributed by atoms with E-state index in [1.807, 2.05) is 31.2 Å².